The lowest BCUT2D eigenvalue weighted by atomic mass is 10.1. The van der Waals surface area contributed by atoms with Gasteiger partial charge in [0.05, 0.1) is 5.25 Å². The molecule has 3 N–H and O–H groups in total. The van der Waals surface area contributed by atoms with E-state index in [9.17, 15) is 4.79 Å². The van der Waals surface area contributed by atoms with Crippen molar-refractivity contribution in [1.82, 2.24) is 20.2 Å². The molecule has 1 aliphatic heterocycles. The molecule has 1 atom stereocenters. The van der Waals surface area contributed by atoms with Gasteiger partial charge in [-0.15, -0.1) is 10.2 Å². The van der Waals surface area contributed by atoms with Crippen LogP contribution in [0.5, 0.6) is 0 Å². The van der Waals surface area contributed by atoms with E-state index in [1.165, 1.54) is 24.6 Å². The fraction of sp³-hybridized carbons (Fsp3) is 0.750. The van der Waals surface area contributed by atoms with Gasteiger partial charge in [-0.2, -0.15) is 0 Å². The Balaban J connectivity index is 2.17. The summed E-state index contributed by atoms with van der Waals surface area (Å²) in [6.45, 7) is 4.96. The standard InChI is InChI=1S/C12H21N5OS/c1-8(2)10(11(18)14-13)19-12-16-15-9-6-4-3-5-7-17(9)12/h8,10H,3-7,13H2,1-2H3,(H,14,18). The van der Waals surface area contributed by atoms with E-state index in [0.29, 0.717) is 0 Å². The van der Waals surface area contributed by atoms with Crippen molar-refractivity contribution in [2.75, 3.05) is 0 Å². The topological polar surface area (TPSA) is 85.8 Å². The molecule has 2 rings (SSSR count). The average Bonchev–Trinajstić information content (AvgIpc) is 2.61. The van der Waals surface area contributed by atoms with Gasteiger partial charge in [0, 0.05) is 13.0 Å². The van der Waals surface area contributed by atoms with Crippen molar-refractivity contribution < 1.29 is 4.79 Å². The van der Waals surface area contributed by atoms with Gasteiger partial charge >= 0.3 is 0 Å². The molecule has 0 fully saturated rings. The maximum Gasteiger partial charge on any atom is 0.247 e. The van der Waals surface area contributed by atoms with Gasteiger partial charge in [-0.05, 0) is 18.8 Å². The molecule has 1 amide bonds. The maximum absolute atomic E-state index is 11.8. The number of carbonyl (C=O) groups is 1. The summed E-state index contributed by atoms with van der Waals surface area (Å²) in [5.41, 5.74) is 2.23. The number of amides is 1. The second-order valence-electron chi connectivity index (χ2n) is 5.15. The van der Waals surface area contributed by atoms with E-state index in [2.05, 4.69) is 20.2 Å². The minimum atomic E-state index is -0.235. The Morgan fingerprint density at radius 1 is 1.37 bits per heavy atom. The first-order chi connectivity index (χ1) is 9.13. The number of hydrogen-bond donors (Lipinski definition) is 2. The van der Waals surface area contributed by atoms with Crippen LogP contribution in [0.1, 0.15) is 38.9 Å². The van der Waals surface area contributed by atoms with Crippen LogP contribution in [-0.4, -0.2) is 25.9 Å². The highest BCUT2D eigenvalue weighted by molar-refractivity contribution is 8.00. The van der Waals surface area contributed by atoms with Gasteiger partial charge in [0.15, 0.2) is 5.16 Å². The van der Waals surface area contributed by atoms with Crippen molar-refractivity contribution >= 4 is 17.7 Å². The van der Waals surface area contributed by atoms with E-state index in [-0.39, 0.29) is 17.1 Å². The molecule has 0 spiro atoms. The van der Waals surface area contributed by atoms with E-state index >= 15 is 0 Å². The lowest BCUT2D eigenvalue weighted by Crippen LogP contribution is -2.40. The normalized spacial score (nSPS) is 16.8. The molecular weight excluding hydrogens is 262 g/mol. The quantitative estimate of drug-likeness (QED) is 0.374. The Bertz CT molecular complexity index is 445. The summed E-state index contributed by atoms with van der Waals surface area (Å²) in [7, 11) is 0. The molecule has 0 saturated heterocycles. The van der Waals surface area contributed by atoms with E-state index in [1.807, 2.05) is 13.8 Å². The number of hydrogen-bond acceptors (Lipinski definition) is 5. The Kier molecular flexibility index (Phi) is 4.81. The molecule has 2 heterocycles. The van der Waals surface area contributed by atoms with Gasteiger partial charge in [-0.1, -0.05) is 32.0 Å². The zero-order valence-electron chi connectivity index (χ0n) is 11.4. The van der Waals surface area contributed by atoms with E-state index in [0.717, 1.165) is 30.4 Å². The van der Waals surface area contributed by atoms with Gasteiger partial charge in [0.1, 0.15) is 5.82 Å². The monoisotopic (exact) mass is 283 g/mol. The number of fused-ring (bicyclic) bond motifs is 1. The molecule has 1 aromatic heterocycles. The fourth-order valence-electron chi connectivity index (χ4n) is 2.23. The Morgan fingerprint density at radius 3 is 2.84 bits per heavy atom. The maximum atomic E-state index is 11.8. The highest BCUT2D eigenvalue weighted by atomic mass is 32.2. The molecule has 6 nitrogen and oxygen atoms in total. The van der Waals surface area contributed by atoms with Crippen molar-refractivity contribution in [2.45, 2.75) is 56.5 Å². The van der Waals surface area contributed by atoms with Crippen LogP contribution in [0.2, 0.25) is 0 Å². The number of rotatable bonds is 4. The van der Waals surface area contributed by atoms with Crippen molar-refractivity contribution in [3.63, 3.8) is 0 Å². The predicted octanol–water partition coefficient (Wildman–Crippen LogP) is 1.11. The average molecular weight is 283 g/mol. The van der Waals surface area contributed by atoms with Crippen LogP contribution >= 0.6 is 11.8 Å². The Hall–Kier alpha value is -1.08. The summed E-state index contributed by atoms with van der Waals surface area (Å²) in [4.78, 5) is 11.8. The van der Waals surface area contributed by atoms with Crippen LogP contribution in [0.25, 0.3) is 0 Å². The zero-order valence-corrected chi connectivity index (χ0v) is 12.2. The molecule has 1 unspecified atom stereocenters. The third-order valence-electron chi connectivity index (χ3n) is 3.31. The van der Waals surface area contributed by atoms with Crippen molar-refractivity contribution in [3.05, 3.63) is 5.82 Å². The van der Waals surface area contributed by atoms with Crippen LogP contribution < -0.4 is 11.3 Å². The van der Waals surface area contributed by atoms with Gasteiger partial charge in [0.25, 0.3) is 0 Å². The molecule has 1 aliphatic rings. The van der Waals surface area contributed by atoms with Crippen LogP contribution in [0.4, 0.5) is 0 Å². The molecule has 1 aromatic rings. The van der Waals surface area contributed by atoms with Gasteiger partial charge in [-0.3, -0.25) is 10.2 Å². The number of aryl methyl sites for hydroxylation is 1. The lowest BCUT2D eigenvalue weighted by Gasteiger charge is -2.18. The highest BCUT2D eigenvalue weighted by Gasteiger charge is 2.26. The SMILES string of the molecule is CC(C)C(Sc1nnc2n1CCCCC2)C(=O)NN. The van der Waals surface area contributed by atoms with Crippen LogP contribution in [-0.2, 0) is 17.8 Å². The Labute approximate surface area is 117 Å². The van der Waals surface area contributed by atoms with Crippen LogP contribution in [0.15, 0.2) is 5.16 Å². The largest absolute Gasteiger partial charge is 0.306 e. The summed E-state index contributed by atoms with van der Waals surface area (Å²) in [5, 5.41) is 9.07. The van der Waals surface area contributed by atoms with Crippen LogP contribution in [0.3, 0.4) is 0 Å². The number of nitrogens with one attached hydrogen (secondary N) is 1. The fourth-order valence-corrected chi connectivity index (χ4v) is 3.32. The molecule has 0 aliphatic carbocycles. The highest BCUT2D eigenvalue weighted by Crippen LogP contribution is 2.29. The van der Waals surface area contributed by atoms with E-state index in [1.54, 1.807) is 0 Å². The van der Waals surface area contributed by atoms with Gasteiger partial charge in [0.2, 0.25) is 5.91 Å². The van der Waals surface area contributed by atoms with Gasteiger partial charge < -0.3 is 4.57 Å². The second kappa shape index (κ2) is 6.38. The number of hydrazine groups is 1. The molecule has 0 radical (unpaired) electrons. The first-order valence-corrected chi connectivity index (χ1v) is 7.60. The summed E-state index contributed by atoms with van der Waals surface area (Å²) in [6, 6.07) is 0. The molecule has 106 valence electrons. The summed E-state index contributed by atoms with van der Waals surface area (Å²) >= 11 is 1.46. The smallest absolute Gasteiger partial charge is 0.247 e. The van der Waals surface area contributed by atoms with Crippen LogP contribution in [0, 0.1) is 5.92 Å². The predicted molar refractivity (Wildman–Crippen MR) is 74.4 cm³/mol. The summed E-state index contributed by atoms with van der Waals surface area (Å²) in [5.74, 6) is 6.31. The number of thioether (sulfide) groups is 1. The molecule has 19 heavy (non-hydrogen) atoms. The number of carbonyl (C=O) groups excluding carboxylic acids is 1. The molecule has 0 bridgehead atoms. The first kappa shape index (κ1) is 14.3. The zero-order chi connectivity index (χ0) is 13.8. The van der Waals surface area contributed by atoms with Crippen molar-refractivity contribution in [2.24, 2.45) is 11.8 Å². The number of nitrogens with two attached hydrogens (primary N) is 1. The molecule has 0 saturated carbocycles. The first-order valence-electron chi connectivity index (χ1n) is 6.72. The summed E-state index contributed by atoms with van der Waals surface area (Å²) < 4.78 is 2.15. The minimum absolute atomic E-state index is 0.161. The minimum Gasteiger partial charge on any atom is -0.306 e. The second-order valence-corrected chi connectivity index (χ2v) is 6.26. The molecular formula is C12H21N5OS. The lowest BCUT2D eigenvalue weighted by molar-refractivity contribution is -0.121. The number of nitrogens with zero attached hydrogens (tertiary/aromatic N) is 3. The Morgan fingerprint density at radius 2 is 2.16 bits per heavy atom. The van der Waals surface area contributed by atoms with Gasteiger partial charge in [-0.25, -0.2) is 5.84 Å². The molecule has 7 heteroatoms. The summed E-state index contributed by atoms with van der Waals surface area (Å²) in [6.07, 6.45) is 4.51. The number of aromatic nitrogens is 3. The van der Waals surface area contributed by atoms with E-state index < -0.39 is 0 Å². The molecule has 0 aromatic carbocycles. The third kappa shape index (κ3) is 3.27. The van der Waals surface area contributed by atoms with Crippen molar-refractivity contribution in [3.8, 4) is 0 Å². The van der Waals surface area contributed by atoms with E-state index in [4.69, 9.17) is 5.84 Å². The van der Waals surface area contributed by atoms with Crippen molar-refractivity contribution in [1.29, 1.82) is 0 Å². The third-order valence-corrected chi connectivity index (χ3v) is 4.84.